The van der Waals surface area contributed by atoms with Crippen molar-refractivity contribution >= 4 is 0 Å². The molecule has 0 heteroatoms. The molecule has 89 heavy (non-hydrogen) atoms. The largest absolute Gasteiger partial charge is 0.0651 e. The maximum Gasteiger partial charge on any atom is -0.0257 e. The minimum absolute atomic E-state index is 0.375. The van der Waals surface area contributed by atoms with Crippen molar-refractivity contribution in [2.75, 3.05) is 0 Å². The highest BCUT2D eigenvalue weighted by molar-refractivity contribution is 4.92. The Morgan fingerprint density at radius 1 is 0.337 bits per heavy atom. The highest BCUT2D eigenvalue weighted by Gasteiger charge is 2.42. The second kappa shape index (κ2) is 44.8. The van der Waals surface area contributed by atoms with Crippen LogP contribution < -0.4 is 0 Å². The lowest BCUT2D eigenvalue weighted by Crippen LogP contribution is -2.41. The fourth-order valence-corrected chi connectivity index (χ4v) is 12.7. The van der Waals surface area contributed by atoms with E-state index in [0.29, 0.717) is 54.1 Å². The van der Waals surface area contributed by atoms with Gasteiger partial charge < -0.3 is 0 Å². The first kappa shape index (κ1) is 97.7. The predicted molar refractivity (Wildman–Crippen MR) is 420 cm³/mol. The Labute approximate surface area is 573 Å². The molecule has 5 aliphatic carbocycles. The van der Waals surface area contributed by atoms with Crippen LogP contribution in [-0.2, 0) is 0 Å². The van der Waals surface area contributed by atoms with Gasteiger partial charge in [0.05, 0.1) is 0 Å². The summed E-state index contributed by atoms with van der Waals surface area (Å²) in [7, 11) is 0. The third-order valence-electron chi connectivity index (χ3n) is 26.6. The second-order valence-corrected chi connectivity index (χ2v) is 41.9. The normalized spacial score (nSPS) is 23.5. The topological polar surface area (TPSA) is 0 Å². The lowest BCUT2D eigenvalue weighted by Gasteiger charge is -2.49. The van der Waals surface area contributed by atoms with Crippen molar-refractivity contribution < 1.29 is 0 Å². The quantitative estimate of drug-likeness (QED) is 0.257. The smallest absolute Gasteiger partial charge is 0.0257 e. The summed E-state index contributed by atoms with van der Waals surface area (Å²) in [4.78, 5) is 0. The van der Waals surface area contributed by atoms with Crippen LogP contribution in [0.4, 0.5) is 0 Å². The van der Waals surface area contributed by atoms with Crippen molar-refractivity contribution in [3.63, 3.8) is 0 Å². The zero-order chi connectivity index (χ0) is 71.8. The van der Waals surface area contributed by atoms with Gasteiger partial charge in [-0.05, 0) is 150 Å². The van der Waals surface area contributed by atoms with Crippen LogP contribution in [0.15, 0.2) is 0 Å². The minimum atomic E-state index is 0.375. The summed E-state index contributed by atoms with van der Waals surface area (Å²) in [6, 6.07) is 0. The molecular weight excluding hydrogens is 1070 g/mol. The van der Waals surface area contributed by atoms with E-state index in [-0.39, 0.29) is 0 Å². The Morgan fingerprint density at radius 3 is 0.775 bits per heavy atom. The molecule has 0 aromatic heterocycles. The van der Waals surface area contributed by atoms with Gasteiger partial charge in [0.1, 0.15) is 0 Å². The summed E-state index contributed by atoms with van der Waals surface area (Å²) in [5.74, 6) is 11.9. The molecule has 5 fully saturated rings. The molecule has 5 atom stereocenters. The summed E-state index contributed by atoms with van der Waals surface area (Å²) in [6.07, 6.45) is 33.9. The first-order valence-corrected chi connectivity index (χ1v) is 39.6. The van der Waals surface area contributed by atoms with Crippen LogP contribution in [0.1, 0.15) is 445 Å². The van der Waals surface area contributed by atoms with Gasteiger partial charge in [-0.3, -0.25) is 0 Å². The molecule has 0 aliphatic heterocycles. The number of rotatable bonds is 5. The lowest BCUT2D eigenvalue weighted by atomic mass is 9.56. The Bertz CT molecular complexity index is 1520. The third kappa shape index (κ3) is 46.7. The van der Waals surface area contributed by atoms with Crippen LogP contribution in [0.25, 0.3) is 0 Å². The SMILES string of the molecule is CC(C(C)(C)C)C(C)(C)C.CC(C)(C)C(C)(C)C(C)(C)C.CC(C)C(C)(C)C(C)(C)C.CC(C)C(C)(C)C(C)C.CC(C)[C@@H](C)C(C)(C)C.CC1(C)CCCCC1.CC1CCC(C)CC1.CC1CCCC[C@H]1C.CC1CCC[C@@H](C)C1.CCC1CCCCC1. The van der Waals surface area contributed by atoms with Crippen molar-refractivity contribution in [1.82, 2.24) is 0 Å². The molecule has 5 saturated carbocycles. The molecule has 2 unspecified atom stereocenters. The molecule has 0 aromatic rings. The molecule has 0 heterocycles. The summed E-state index contributed by atoms with van der Waals surface area (Å²) >= 11 is 0. The Morgan fingerprint density at radius 2 is 0.652 bits per heavy atom. The lowest BCUT2D eigenvalue weighted by molar-refractivity contribution is 0.00575. The van der Waals surface area contributed by atoms with Crippen molar-refractivity contribution in [3.8, 4) is 0 Å². The maximum atomic E-state index is 2.38. The van der Waals surface area contributed by atoms with Gasteiger partial charge in [0, 0.05) is 0 Å². The Kier molecular flexibility index (Phi) is 49.1. The van der Waals surface area contributed by atoms with Gasteiger partial charge in [-0.1, -0.05) is 426 Å². The van der Waals surface area contributed by atoms with E-state index in [2.05, 4.69) is 298 Å². The fourth-order valence-electron chi connectivity index (χ4n) is 12.7. The van der Waals surface area contributed by atoms with Gasteiger partial charge in [0.2, 0.25) is 0 Å². The van der Waals surface area contributed by atoms with E-state index in [0.717, 1.165) is 76.9 Å². The van der Waals surface area contributed by atoms with Gasteiger partial charge in [0.25, 0.3) is 0 Å². The summed E-state index contributed by atoms with van der Waals surface area (Å²) in [6.45, 7) is 100.0. The van der Waals surface area contributed by atoms with Crippen molar-refractivity contribution in [2.45, 2.75) is 445 Å². The predicted octanol–water partition coefficient (Wildman–Crippen LogP) is 32.6. The van der Waals surface area contributed by atoms with E-state index in [1.54, 1.807) is 0 Å². The molecule has 0 nitrogen and oxygen atoms in total. The highest BCUT2D eigenvalue weighted by Crippen LogP contribution is 2.51. The first-order chi connectivity index (χ1) is 39.6. The van der Waals surface area contributed by atoms with E-state index >= 15 is 0 Å². The number of hydrogen-bond donors (Lipinski definition) is 0. The van der Waals surface area contributed by atoms with E-state index in [1.807, 2.05) is 0 Å². The molecule has 0 saturated heterocycles. The minimum Gasteiger partial charge on any atom is -0.0651 e. The van der Waals surface area contributed by atoms with Gasteiger partial charge in [-0.25, -0.2) is 0 Å². The van der Waals surface area contributed by atoms with E-state index in [9.17, 15) is 0 Å². The van der Waals surface area contributed by atoms with Crippen molar-refractivity contribution in [1.29, 1.82) is 0 Å². The summed E-state index contributed by atoms with van der Waals surface area (Å²) in [5.41, 5.74) is 4.54. The summed E-state index contributed by atoms with van der Waals surface area (Å²) < 4.78 is 0. The highest BCUT2D eigenvalue weighted by atomic mass is 14.5. The summed E-state index contributed by atoms with van der Waals surface area (Å²) in [5, 5.41) is 0. The molecule has 0 spiro atoms. The molecule has 5 aliphatic rings. The average molecular weight is 1260 g/mol. The van der Waals surface area contributed by atoms with Gasteiger partial charge in [-0.15, -0.1) is 0 Å². The van der Waals surface area contributed by atoms with Crippen LogP contribution >= 0.6 is 0 Å². The monoisotopic (exact) mass is 1260 g/mol. The molecule has 0 radical (unpaired) electrons. The third-order valence-corrected chi connectivity index (χ3v) is 26.6. The molecule has 0 amide bonds. The first-order valence-electron chi connectivity index (χ1n) is 39.6. The van der Waals surface area contributed by atoms with E-state index in [4.69, 9.17) is 0 Å². The standard InChI is InChI=1S/C11H24.2C10H22.2C9H20.5C8H16/c1-9(2,3)11(7,8)10(4,5)6;1-8(9(2,3)4)10(5,6)7;1-8(2)10(6,7)9(3,4)5;1-7(2)8(3)9(4,5)6;1-7(2)9(5,6)8(3)4;1-7-3-5-8(2)6-4-7;1-7-4-3-5-8(2)6-7;1-8(2)6-4-3-5-7-8;1-7-5-3-4-6-8(7)2;1-2-8-6-4-3-5-7-8/h1-8H3;2*8H,1-7H3;2*7-8H,1-6H3;2*7-8H,3-6H2,1-2H3;3-7H2,1-2H3;7-8H,3-6H2,1-2H3;8H,2-7H2,1H3/t;;;8-;;;7-,8?;;7-,8?;/m...1..1.1./s1. The molecule has 0 N–H and O–H groups in total. The van der Waals surface area contributed by atoms with Crippen LogP contribution in [-0.4, -0.2) is 0 Å². The average Bonchev–Trinajstić information content (AvgIpc) is 2.85. The maximum absolute atomic E-state index is 2.38. The van der Waals surface area contributed by atoms with Gasteiger partial charge in [-0.2, -0.15) is 0 Å². The second-order valence-electron chi connectivity index (χ2n) is 41.9. The van der Waals surface area contributed by atoms with Crippen molar-refractivity contribution in [3.05, 3.63) is 0 Å². The van der Waals surface area contributed by atoms with Crippen molar-refractivity contribution in [2.24, 2.45) is 131 Å². The van der Waals surface area contributed by atoms with Crippen LogP contribution in [0, 0.1) is 131 Å². The van der Waals surface area contributed by atoms with E-state index in [1.165, 1.54) is 148 Å². The molecule has 544 valence electrons. The zero-order valence-corrected chi connectivity index (χ0v) is 71.8. The Balaban J connectivity index is -0.000000294. The van der Waals surface area contributed by atoms with Gasteiger partial charge >= 0.3 is 0 Å². The van der Waals surface area contributed by atoms with Crippen LogP contribution in [0.5, 0.6) is 0 Å². The van der Waals surface area contributed by atoms with E-state index < -0.39 is 0 Å². The Hall–Kier alpha value is 0. The fraction of sp³-hybridized carbons (Fsp3) is 1.00. The number of hydrogen-bond acceptors (Lipinski definition) is 0. The van der Waals surface area contributed by atoms with Gasteiger partial charge in [0.15, 0.2) is 0 Å². The zero-order valence-electron chi connectivity index (χ0n) is 71.8. The molecule has 0 aromatic carbocycles. The molecular formula is C89H188. The van der Waals surface area contributed by atoms with Crippen LogP contribution in [0.3, 0.4) is 0 Å². The molecule has 0 bridgehead atoms. The molecule has 5 rings (SSSR count). The van der Waals surface area contributed by atoms with Crippen LogP contribution in [0.2, 0.25) is 0 Å².